The van der Waals surface area contributed by atoms with Gasteiger partial charge in [0.05, 0.1) is 5.41 Å². The average Bonchev–Trinajstić information content (AvgIpc) is 3.11. The Bertz CT molecular complexity index is 1410. The molecule has 4 rings (SSSR count). The predicted molar refractivity (Wildman–Crippen MR) is 167 cm³/mol. The van der Waals surface area contributed by atoms with Crippen LogP contribution in [0.3, 0.4) is 0 Å². The summed E-state index contributed by atoms with van der Waals surface area (Å²) in [6.45, 7) is 7.55. The summed E-state index contributed by atoms with van der Waals surface area (Å²) in [7, 11) is 5.31. The third-order valence-corrected chi connectivity index (χ3v) is 7.72. The van der Waals surface area contributed by atoms with E-state index < -0.39 is 5.41 Å². The molecular weight excluding hydrogens is 510 g/mol. The van der Waals surface area contributed by atoms with E-state index in [1.807, 2.05) is 44.3 Å². The molecule has 0 aromatic heterocycles. The fraction of sp³-hybridized carbons (Fsp3) is 0.333. The summed E-state index contributed by atoms with van der Waals surface area (Å²) in [5.74, 6) is 5.49. The number of fused-ring (bicyclic) bond motifs is 2. The lowest BCUT2D eigenvalue weighted by atomic mass is 9.67. The van der Waals surface area contributed by atoms with E-state index in [2.05, 4.69) is 59.5 Å². The van der Waals surface area contributed by atoms with Crippen LogP contribution in [0.4, 0.5) is 0 Å². The predicted octanol–water partition coefficient (Wildman–Crippen LogP) is 5.39. The molecular formula is C33H43N7O. The molecule has 2 atom stereocenters. The Labute approximate surface area is 244 Å². The summed E-state index contributed by atoms with van der Waals surface area (Å²) < 4.78 is 0. The molecule has 0 fully saturated rings. The Kier molecular flexibility index (Phi) is 10.6. The number of nitrogens with zero attached hydrogens (tertiary/aromatic N) is 3. The second-order valence-electron chi connectivity index (χ2n) is 10.6. The van der Waals surface area contributed by atoms with Crippen LogP contribution in [0.1, 0.15) is 68.7 Å². The first-order valence-electron chi connectivity index (χ1n) is 13.9. The van der Waals surface area contributed by atoms with E-state index >= 15 is 0 Å². The molecule has 0 bridgehead atoms. The number of aryl methyl sites for hydroxylation is 4. The Hall–Kier alpha value is -4.30. The van der Waals surface area contributed by atoms with Gasteiger partial charge < -0.3 is 21.8 Å². The van der Waals surface area contributed by atoms with Gasteiger partial charge in [0, 0.05) is 32.7 Å². The molecule has 0 spiro atoms. The van der Waals surface area contributed by atoms with Gasteiger partial charge in [-0.1, -0.05) is 72.8 Å². The van der Waals surface area contributed by atoms with Crippen LogP contribution in [0.15, 0.2) is 83.8 Å². The van der Waals surface area contributed by atoms with E-state index in [4.69, 9.17) is 11.6 Å². The van der Waals surface area contributed by atoms with Gasteiger partial charge in [0.15, 0.2) is 5.84 Å². The molecule has 0 radical (unpaired) electrons. The first kappa shape index (κ1) is 31.2. The molecule has 3 aromatic carbocycles. The fourth-order valence-electron chi connectivity index (χ4n) is 5.49. The van der Waals surface area contributed by atoms with Crippen molar-refractivity contribution in [1.29, 1.82) is 5.41 Å². The van der Waals surface area contributed by atoms with Crippen LogP contribution in [0.2, 0.25) is 0 Å². The highest BCUT2D eigenvalue weighted by Crippen LogP contribution is 2.46. The quantitative estimate of drug-likeness (QED) is 0.103. The lowest BCUT2D eigenvalue weighted by Crippen LogP contribution is -2.40. The topological polar surface area (TPSA) is 133 Å². The number of hydrogen-bond donors (Lipinski definition) is 4. The molecule has 1 aliphatic rings. The smallest absolute Gasteiger partial charge is 0.253 e. The molecule has 1 amide bonds. The van der Waals surface area contributed by atoms with Crippen molar-refractivity contribution < 1.29 is 4.79 Å². The van der Waals surface area contributed by atoms with Gasteiger partial charge in [0.25, 0.3) is 5.91 Å². The fourth-order valence-corrected chi connectivity index (χ4v) is 5.49. The van der Waals surface area contributed by atoms with Gasteiger partial charge in [0.1, 0.15) is 0 Å². The number of benzene rings is 3. The number of amidine groups is 1. The van der Waals surface area contributed by atoms with Gasteiger partial charge in [-0.2, -0.15) is 0 Å². The largest absolute Gasteiger partial charge is 0.394 e. The number of amides is 1. The van der Waals surface area contributed by atoms with Crippen LogP contribution in [-0.2, 0) is 24.7 Å². The number of carbonyl (C=O) groups excluding carboxylic acids is 1. The van der Waals surface area contributed by atoms with Crippen LogP contribution in [0.25, 0.3) is 0 Å². The van der Waals surface area contributed by atoms with Gasteiger partial charge in [0.2, 0.25) is 0 Å². The minimum Gasteiger partial charge on any atom is -0.394 e. The number of carbonyl (C=O) groups is 1. The molecule has 216 valence electrons. The van der Waals surface area contributed by atoms with E-state index in [1.54, 1.807) is 25.2 Å². The highest BCUT2D eigenvalue weighted by Gasteiger charge is 2.45. The zero-order chi connectivity index (χ0) is 30.2. The Morgan fingerprint density at radius 3 is 2.22 bits per heavy atom. The molecule has 3 aromatic rings. The molecule has 0 aliphatic heterocycles. The summed E-state index contributed by atoms with van der Waals surface area (Å²) in [4.78, 5) is 14.4. The van der Waals surface area contributed by atoms with Crippen molar-refractivity contribution in [3.05, 3.63) is 118 Å². The lowest BCUT2D eigenvalue weighted by molar-refractivity contribution is 0.0827. The van der Waals surface area contributed by atoms with E-state index in [-0.39, 0.29) is 17.8 Å². The molecule has 8 nitrogen and oxygen atoms in total. The molecule has 8 heteroatoms. The van der Waals surface area contributed by atoms with Gasteiger partial charge in [-0.05, 0) is 84.3 Å². The van der Waals surface area contributed by atoms with Crippen LogP contribution in [0, 0.1) is 12.3 Å². The summed E-state index contributed by atoms with van der Waals surface area (Å²) in [5, 5.41) is 19.5. The summed E-state index contributed by atoms with van der Waals surface area (Å²) >= 11 is 0. The first-order chi connectivity index (χ1) is 19.6. The van der Waals surface area contributed by atoms with Crippen LogP contribution < -0.4 is 16.9 Å². The van der Waals surface area contributed by atoms with Crippen molar-refractivity contribution in [2.24, 2.45) is 21.9 Å². The van der Waals surface area contributed by atoms with Gasteiger partial charge in [-0.15, -0.1) is 5.11 Å². The minimum atomic E-state index is -0.986. The SMILES string of the molecule is C=CNC.CCc1ccc2c(c1)CCc1cc(C(=O)N(C)C)ccc1C2(C[C@H](N)c1ccc(C)cc1)C(=N)N=NN. The molecule has 1 aliphatic carbocycles. The summed E-state index contributed by atoms with van der Waals surface area (Å²) in [5.41, 5.74) is 14.0. The Balaban J connectivity index is 0.00000108. The first-order valence-corrected chi connectivity index (χ1v) is 13.9. The van der Waals surface area contributed by atoms with Crippen molar-refractivity contribution >= 4 is 11.7 Å². The minimum absolute atomic E-state index is 0.0397. The molecule has 1 unspecified atom stereocenters. The van der Waals surface area contributed by atoms with Crippen molar-refractivity contribution in [3.8, 4) is 0 Å². The zero-order valence-electron chi connectivity index (χ0n) is 24.9. The number of hydrogen-bond acceptors (Lipinski definition) is 5. The van der Waals surface area contributed by atoms with Gasteiger partial charge >= 0.3 is 0 Å². The Morgan fingerprint density at radius 1 is 1.10 bits per heavy atom. The van der Waals surface area contributed by atoms with Crippen molar-refractivity contribution in [3.63, 3.8) is 0 Å². The standard InChI is InChI=1S/C30H36N6O.C3H7N/c1-5-20-8-14-25-22(16-20)11-12-23-17-24(28(37)36(3)4)13-15-26(23)30(25,29(32)34-35-33)18-27(31)21-9-6-19(2)7-10-21;1-3-4-2/h6-10,13-17,27H,5,11-12,18,31H2,1-4H3,(H3,32,33,34);3-4H,1H2,2H3/t27-,30?;/m0./s1. The summed E-state index contributed by atoms with van der Waals surface area (Å²) in [6.07, 6.45) is 4.46. The normalized spacial score (nSPS) is 16.3. The highest BCUT2D eigenvalue weighted by atomic mass is 16.2. The number of nitrogens with two attached hydrogens (primary N) is 2. The van der Waals surface area contributed by atoms with E-state index in [0.717, 1.165) is 52.6 Å². The molecule has 0 heterocycles. The third kappa shape index (κ3) is 6.72. The second kappa shape index (κ2) is 13.9. The molecule has 0 saturated carbocycles. The van der Waals surface area contributed by atoms with E-state index in [9.17, 15) is 10.2 Å². The second-order valence-corrected chi connectivity index (χ2v) is 10.6. The van der Waals surface area contributed by atoms with E-state index in [0.29, 0.717) is 12.0 Å². The van der Waals surface area contributed by atoms with Crippen LogP contribution >= 0.6 is 0 Å². The zero-order valence-corrected chi connectivity index (χ0v) is 24.9. The highest BCUT2D eigenvalue weighted by molar-refractivity contribution is 5.97. The maximum absolute atomic E-state index is 12.8. The molecule has 41 heavy (non-hydrogen) atoms. The maximum atomic E-state index is 12.8. The van der Waals surface area contributed by atoms with Gasteiger partial charge in [-0.25, -0.2) is 0 Å². The Morgan fingerprint density at radius 2 is 1.68 bits per heavy atom. The van der Waals surface area contributed by atoms with Crippen LogP contribution in [0.5, 0.6) is 0 Å². The van der Waals surface area contributed by atoms with Crippen molar-refractivity contribution in [2.75, 3.05) is 21.1 Å². The third-order valence-electron chi connectivity index (χ3n) is 7.72. The average molecular weight is 554 g/mol. The monoisotopic (exact) mass is 553 g/mol. The number of rotatable bonds is 7. The summed E-state index contributed by atoms with van der Waals surface area (Å²) in [6, 6.07) is 20.0. The van der Waals surface area contributed by atoms with Crippen molar-refractivity contribution in [1.82, 2.24) is 10.2 Å². The molecule has 6 N–H and O–H groups in total. The molecule has 0 saturated heterocycles. The van der Waals surface area contributed by atoms with E-state index in [1.165, 1.54) is 5.56 Å². The van der Waals surface area contributed by atoms with Crippen molar-refractivity contribution in [2.45, 2.75) is 51.0 Å². The lowest BCUT2D eigenvalue weighted by Gasteiger charge is -2.37. The van der Waals surface area contributed by atoms with Crippen LogP contribution in [-0.4, -0.2) is 37.8 Å². The number of nitrogens with one attached hydrogen (secondary N) is 2. The maximum Gasteiger partial charge on any atom is 0.253 e. The van der Waals surface area contributed by atoms with Gasteiger partial charge in [-0.3, -0.25) is 10.2 Å².